The number of hydrogen-bond donors (Lipinski definition) is 0. The van der Waals surface area contributed by atoms with Crippen LogP contribution in [0.5, 0.6) is 0 Å². The number of aromatic nitrogens is 3. The Hall–Kier alpha value is -2.58. The van der Waals surface area contributed by atoms with E-state index in [0.29, 0.717) is 19.0 Å². The molecule has 0 radical (unpaired) electrons. The highest BCUT2D eigenvalue weighted by molar-refractivity contribution is 9.10. The molecule has 0 saturated heterocycles. The smallest absolute Gasteiger partial charge is 0.227 e. The van der Waals surface area contributed by atoms with Crippen molar-refractivity contribution in [2.24, 2.45) is 4.99 Å². The van der Waals surface area contributed by atoms with Gasteiger partial charge in [0.15, 0.2) is 0 Å². The Bertz CT molecular complexity index is 1190. The maximum absolute atomic E-state index is 13.9. The largest absolute Gasteiger partial charge is 0.474 e. The summed E-state index contributed by atoms with van der Waals surface area (Å²) < 4.78 is 23.8. The fraction of sp³-hybridized carbons (Fsp3) is 0.150. The van der Waals surface area contributed by atoms with Crippen molar-refractivity contribution in [2.75, 3.05) is 6.61 Å². The summed E-state index contributed by atoms with van der Waals surface area (Å²) in [6, 6.07) is 14.7. The van der Waals surface area contributed by atoms with Gasteiger partial charge < -0.3 is 4.74 Å². The molecule has 4 aromatic rings. The van der Waals surface area contributed by atoms with Crippen LogP contribution in [0.15, 0.2) is 70.7 Å². The van der Waals surface area contributed by atoms with Crippen molar-refractivity contribution in [3.63, 3.8) is 0 Å². The lowest BCUT2D eigenvalue weighted by atomic mass is 9.91. The summed E-state index contributed by atoms with van der Waals surface area (Å²) in [5.74, 6) is 0.271. The van der Waals surface area contributed by atoms with E-state index in [1.54, 1.807) is 28.4 Å². The molecule has 0 saturated carbocycles. The zero-order valence-electron chi connectivity index (χ0n) is 14.5. The van der Waals surface area contributed by atoms with E-state index in [4.69, 9.17) is 9.73 Å². The first-order valence-electron chi connectivity index (χ1n) is 8.62. The van der Waals surface area contributed by atoms with Crippen molar-refractivity contribution in [2.45, 2.75) is 12.1 Å². The van der Waals surface area contributed by atoms with Crippen LogP contribution in [-0.4, -0.2) is 27.3 Å². The molecule has 0 spiro atoms. The highest BCUT2D eigenvalue weighted by Gasteiger charge is 2.40. The maximum atomic E-state index is 13.9. The predicted molar refractivity (Wildman–Crippen MR) is 110 cm³/mol. The first-order valence-corrected chi connectivity index (χ1v) is 10.2. The van der Waals surface area contributed by atoms with Gasteiger partial charge in [0.2, 0.25) is 5.90 Å². The lowest BCUT2D eigenvalue weighted by Gasteiger charge is -2.24. The van der Waals surface area contributed by atoms with Gasteiger partial charge in [-0.3, -0.25) is 4.68 Å². The number of benzene rings is 2. The number of aliphatic imine (C=N–C) groups is 1. The molecule has 2 aromatic carbocycles. The van der Waals surface area contributed by atoms with Crippen molar-refractivity contribution in [3.05, 3.63) is 81.9 Å². The van der Waals surface area contributed by atoms with Crippen LogP contribution < -0.4 is 0 Å². The zero-order chi connectivity index (χ0) is 19.1. The molecule has 2 aromatic heterocycles. The van der Waals surface area contributed by atoms with E-state index < -0.39 is 5.54 Å². The van der Waals surface area contributed by atoms with Gasteiger partial charge in [-0.2, -0.15) is 5.10 Å². The summed E-state index contributed by atoms with van der Waals surface area (Å²) in [7, 11) is 0. The van der Waals surface area contributed by atoms with Gasteiger partial charge in [0.1, 0.15) is 30.6 Å². The van der Waals surface area contributed by atoms with E-state index in [1.165, 1.54) is 18.5 Å². The van der Waals surface area contributed by atoms with Gasteiger partial charge >= 0.3 is 0 Å². The van der Waals surface area contributed by atoms with Crippen LogP contribution in [0.25, 0.3) is 10.1 Å². The molecule has 0 N–H and O–H groups in total. The number of halogens is 2. The molecule has 140 valence electrons. The summed E-state index contributed by atoms with van der Waals surface area (Å²) in [5, 5.41) is 5.33. The number of rotatable bonds is 4. The van der Waals surface area contributed by atoms with Gasteiger partial charge in [-0.05, 0) is 41.3 Å². The van der Waals surface area contributed by atoms with Crippen molar-refractivity contribution in [1.29, 1.82) is 0 Å². The predicted octanol–water partition coefficient (Wildman–Crippen LogP) is 4.77. The Morgan fingerprint density at radius 3 is 2.96 bits per heavy atom. The molecule has 3 heterocycles. The molecular formula is C20H14BrFN4OS. The first-order chi connectivity index (χ1) is 13.6. The third-order valence-electron chi connectivity index (χ3n) is 4.71. The average Bonchev–Trinajstić information content (AvgIpc) is 3.41. The van der Waals surface area contributed by atoms with Crippen molar-refractivity contribution >= 4 is 43.3 Å². The van der Waals surface area contributed by atoms with E-state index in [2.05, 4.69) is 44.2 Å². The highest BCUT2D eigenvalue weighted by Crippen LogP contribution is 2.37. The molecular weight excluding hydrogens is 443 g/mol. The van der Waals surface area contributed by atoms with Crippen LogP contribution in [0, 0.1) is 5.82 Å². The molecule has 1 atom stereocenters. The molecule has 1 aliphatic rings. The lowest BCUT2D eigenvalue weighted by molar-refractivity contribution is 0.230. The summed E-state index contributed by atoms with van der Waals surface area (Å²) in [5.41, 5.74) is -0.0103. The number of thiophene rings is 1. The van der Waals surface area contributed by atoms with Crippen LogP contribution in [0.2, 0.25) is 0 Å². The van der Waals surface area contributed by atoms with Gasteiger partial charge in [0.05, 0.1) is 11.4 Å². The maximum Gasteiger partial charge on any atom is 0.227 e. The third-order valence-corrected chi connectivity index (χ3v) is 6.29. The Labute approximate surface area is 172 Å². The van der Waals surface area contributed by atoms with Crippen molar-refractivity contribution in [1.82, 2.24) is 14.8 Å². The van der Waals surface area contributed by atoms with E-state index >= 15 is 0 Å². The van der Waals surface area contributed by atoms with Crippen LogP contribution in [0.1, 0.15) is 10.4 Å². The second kappa shape index (κ2) is 6.79. The Morgan fingerprint density at radius 2 is 2.14 bits per heavy atom. The summed E-state index contributed by atoms with van der Waals surface area (Å²) in [6.45, 7) is 0.722. The number of nitrogens with zero attached hydrogens (tertiary/aromatic N) is 4. The topological polar surface area (TPSA) is 52.3 Å². The molecule has 1 unspecified atom stereocenters. The molecule has 0 aliphatic carbocycles. The number of fused-ring (bicyclic) bond motifs is 1. The van der Waals surface area contributed by atoms with Crippen LogP contribution in [0.4, 0.5) is 4.39 Å². The average molecular weight is 457 g/mol. The van der Waals surface area contributed by atoms with Crippen LogP contribution in [-0.2, 0) is 16.8 Å². The number of ether oxygens (including phenoxy) is 1. The first kappa shape index (κ1) is 17.5. The quantitative estimate of drug-likeness (QED) is 0.444. The summed E-state index contributed by atoms with van der Waals surface area (Å²) in [6.07, 6.45) is 3.11. The summed E-state index contributed by atoms with van der Waals surface area (Å²) in [4.78, 5) is 9.89. The molecule has 8 heteroatoms. The Kier molecular flexibility index (Phi) is 4.25. The second-order valence-corrected chi connectivity index (χ2v) is 8.63. The highest BCUT2D eigenvalue weighted by atomic mass is 79.9. The van der Waals surface area contributed by atoms with Crippen molar-refractivity contribution < 1.29 is 9.13 Å². The van der Waals surface area contributed by atoms with Gasteiger partial charge in [-0.25, -0.2) is 14.4 Å². The fourth-order valence-electron chi connectivity index (χ4n) is 3.36. The molecule has 0 bridgehead atoms. The van der Waals surface area contributed by atoms with Crippen molar-refractivity contribution in [3.8, 4) is 0 Å². The van der Waals surface area contributed by atoms with Gasteiger partial charge in [-0.15, -0.1) is 11.3 Å². The van der Waals surface area contributed by atoms with Gasteiger partial charge in [-0.1, -0.05) is 34.1 Å². The van der Waals surface area contributed by atoms with Crippen LogP contribution in [0.3, 0.4) is 0 Å². The molecule has 0 amide bonds. The Morgan fingerprint density at radius 1 is 1.21 bits per heavy atom. The third kappa shape index (κ3) is 3.12. The molecule has 5 nitrogen and oxygen atoms in total. The minimum absolute atomic E-state index is 0.300. The monoisotopic (exact) mass is 456 g/mol. The van der Waals surface area contributed by atoms with E-state index in [0.717, 1.165) is 25.0 Å². The minimum atomic E-state index is -0.762. The molecule has 0 fully saturated rings. The minimum Gasteiger partial charge on any atom is -0.474 e. The molecule has 1 aliphatic heterocycles. The number of hydrogen-bond acceptors (Lipinski definition) is 5. The standard InChI is InChI=1S/C20H14BrFN4OS/c21-15-5-4-13-6-18(28-17(13)8-15)19-25-20(10-27-19,9-26-12-23-11-24-26)14-2-1-3-16(22)7-14/h1-8,11-12H,9-10H2. The van der Waals surface area contributed by atoms with E-state index in [1.807, 2.05) is 12.1 Å². The second-order valence-electron chi connectivity index (χ2n) is 6.63. The molecule has 5 rings (SSSR count). The van der Waals surface area contributed by atoms with Crippen LogP contribution >= 0.6 is 27.3 Å². The van der Waals surface area contributed by atoms with Gasteiger partial charge in [0.25, 0.3) is 0 Å². The van der Waals surface area contributed by atoms with Gasteiger partial charge in [0, 0.05) is 9.17 Å². The zero-order valence-corrected chi connectivity index (χ0v) is 17.0. The SMILES string of the molecule is Fc1cccc(C2(Cn3cncn3)COC(c3cc4ccc(Br)cc4s3)=N2)c1. The Balaban J connectivity index is 1.60. The normalized spacial score (nSPS) is 19.0. The van der Waals surface area contributed by atoms with E-state index in [9.17, 15) is 4.39 Å². The summed E-state index contributed by atoms with van der Waals surface area (Å²) >= 11 is 5.13. The lowest BCUT2D eigenvalue weighted by Crippen LogP contribution is -2.31. The molecule has 28 heavy (non-hydrogen) atoms. The van der Waals surface area contributed by atoms with E-state index in [-0.39, 0.29) is 5.82 Å². The fourth-order valence-corrected chi connectivity index (χ4v) is 4.92.